The van der Waals surface area contributed by atoms with Crippen molar-refractivity contribution in [2.45, 2.75) is 24.8 Å². The van der Waals surface area contributed by atoms with Gasteiger partial charge < -0.3 is 10.5 Å². The van der Waals surface area contributed by atoms with E-state index in [1.54, 1.807) is 32.2 Å². The van der Waals surface area contributed by atoms with Gasteiger partial charge in [-0.25, -0.2) is 14.2 Å². The molecule has 0 atom stereocenters. The van der Waals surface area contributed by atoms with Crippen LogP contribution >= 0.6 is 11.8 Å². The zero-order valence-corrected chi connectivity index (χ0v) is 16.0. The Morgan fingerprint density at radius 2 is 2.11 bits per heavy atom. The first kappa shape index (κ1) is 18.6. The molecule has 2 heterocycles. The van der Waals surface area contributed by atoms with Gasteiger partial charge in [0.2, 0.25) is 0 Å². The van der Waals surface area contributed by atoms with Crippen LogP contribution in [0.5, 0.6) is 0 Å². The lowest BCUT2D eigenvalue weighted by Gasteiger charge is -2.26. The van der Waals surface area contributed by atoms with Gasteiger partial charge >= 0.3 is 6.09 Å². The summed E-state index contributed by atoms with van der Waals surface area (Å²) >= 11 is 1.51. The Morgan fingerprint density at radius 3 is 2.78 bits per heavy atom. The number of nitrogens with zero attached hydrogens (tertiary/aromatic N) is 4. The van der Waals surface area contributed by atoms with Crippen LogP contribution < -0.4 is 10.6 Å². The summed E-state index contributed by atoms with van der Waals surface area (Å²) in [6, 6.07) is 12.8. The van der Waals surface area contributed by atoms with Crippen molar-refractivity contribution >= 4 is 40.6 Å². The van der Waals surface area contributed by atoms with Crippen LogP contribution in [0.4, 0.5) is 22.0 Å². The number of hydrogen-bond acceptors (Lipinski definition) is 6. The Bertz CT molecular complexity index is 1040. The number of pyridine rings is 1. The second-order valence-corrected chi connectivity index (χ2v) is 6.86. The number of carbonyl (C=O) groups excluding carboxylic acids is 1. The Morgan fingerprint density at radius 1 is 1.37 bits per heavy atom. The maximum Gasteiger partial charge on any atom is 0.420 e. The van der Waals surface area contributed by atoms with Crippen LogP contribution in [-0.2, 0) is 4.74 Å². The fraction of sp³-hybridized carbons (Fsp3) is 0.211. The number of nitriles is 1. The van der Waals surface area contributed by atoms with Gasteiger partial charge in [-0.05, 0) is 38.3 Å². The molecule has 0 aliphatic carbocycles. The number of para-hydroxylation sites is 1. The second-order valence-electron chi connectivity index (χ2n) is 6.01. The van der Waals surface area contributed by atoms with E-state index in [4.69, 9.17) is 10.5 Å². The molecule has 2 aromatic heterocycles. The molecule has 1 amide bonds. The van der Waals surface area contributed by atoms with Crippen LogP contribution in [0.3, 0.4) is 0 Å². The van der Waals surface area contributed by atoms with E-state index in [9.17, 15) is 10.1 Å². The first-order valence-electron chi connectivity index (χ1n) is 8.28. The molecule has 3 rings (SSSR count). The summed E-state index contributed by atoms with van der Waals surface area (Å²) in [5.74, 6) is 0.402. The molecule has 0 saturated heterocycles. The maximum atomic E-state index is 13.0. The molecule has 3 aromatic rings. The van der Waals surface area contributed by atoms with Crippen LogP contribution in [0.2, 0.25) is 0 Å². The van der Waals surface area contributed by atoms with E-state index in [1.165, 1.54) is 21.2 Å². The molecule has 0 fully saturated rings. The highest BCUT2D eigenvalue weighted by atomic mass is 32.2. The zero-order chi connectivity index (χ0) is 19.6. The first-order valence-corrected chi connectivity index (χ1v) is 9.50. The molecule has 8 heteroatoms. The van der Waals surface area contributed by atoms with Crippen LogP contribution in [-0.4, -0.2) is 28.1 Å². The number of nitrogens with two attached hydrogens (primary N) is 1. The highest BCUT2D eigenvalue weighted by Crippen LogP contribution is 2.36. The number of anilines is 3. The van der Waals surface area contributed by atoms with Gasteiger partial charge in [0.05, 0.1) is 29.2 Å². The average Bonchev–Trinajstić information content (AvgIpc) is 3.11. The third-order valence-electron chi connectivity index (χ3n) is 3.88. The SMILES string of the molecule is CSc1ccccc1N(C(=O)OC(C)C)c1cc(N)c(C#N)c2ccnn12. The van der Waals surface area contributed by atoms with E-state index in [1.807, 2.05) is 30.5 Å². The summed E-state index contributed by atoms with van der Waals surface area (Å²) in [6.45, 7) is 3.57. The van der Waals surface area contributed by atoms with Crippen LogP contribution in [0.1, 0.15) is 19.4 Å². The maximum absolute atomic E-state index is 13.0. The predicted octanol–water partition coefficient (Wildman–Crippen LogP) is 4.19. The molecule has 0 aliphatic heterocycles. The molecule has 7 nitrogen and oxygen atoms in total. The second kappa shape index (κ2) is 7.60. The normalized spacial score (nSPS) is 10.8. The number of carbonyl (C=O) groups is 1. The molecular weight excluding hydrogens is 362 g/mol. The van der Waals surface area contributed by atoms with Gasteiger partial charge in [-0.2, -0.15) is 10.4 Å². The van der Waals surface area contributed by atoms with Crippen molar-refractivity contribution in [1.82, 2.24) is 9.61 Å². The Labute approximate surface area is 161 Å². The first-order chi connectivity index (χ1) is 13.0. The van der Waals surface area contributed by atoms with Gasteiger partial charge in [0.15, 0.2) is 0 Å². The molecule has 0 aliphatic rings. The Hall–Kier alpha value is -3.18. The molecule has 0 spiro atoms. The molecule has 0 radical (unpaired) electrons. The summed E-state index contributed by atoms with van der Waals surface area (Å²) in [4.78, 5) is 15.3. The molecule has 2 N–H and O–H groups in total. The Balaban J connectivity index is 2.29. The minimum Gasteiger partial charge on any atom is -0.446 e. The standard InChI is InChI=1S/C19H19N5O2S/c1-12(2)26-19(25)23(16-6-4-5-7-17(16)27-3)18-10-14(21)13(11-20)15-8-9-22-24(15)18/h4-10,12H,21H2,1-3H3. The highest BCUT2D eigenvalue weighted by Gasteiger charge is 2.27. The monoisotopic (exact) mass is 381 g/mol. The van der Waals surface area contributed by atoms with Crippen molar-refractivity contribution in [2.24, 2.45) is 0 Å². The number of fused-ring (bicyclic) bond motifs is 1. The summed E-state index contributed by atoms with van der Waals surface area (Å²) in [6.07, 6.45) is 2.64. The van der Waals surface area contributed by atoms with Crippen LogP contribution in [0.15, 0.2) is 47.5 Å². The smallest absolute Gasteiger partial charge is 0.420 e. The van der Waals surface area contributed by atoms with E-state index < -0.39 is 6.09 Å². The summed E-state index contributed by atoms with van der Waals surface area (Å²) in [7, 11) is 0. The quantitative estimate of drug-likeness (QED) is 0.681. The summed E-state index contributed by atoms with van der Waals surface area (Å²) in [5.41, 5.74) is 7.85. The lowest BCUT2D eigenvalue weighted by molar-refractivity contribution is 0.125. The van der Waals surface area contributed by atoms with E-state index in [0.29, 0.717) is 22.6 Å². The van der Waals surface area contributed by atoms with E-state index in [-0.39, 0.29) is 11.8 Å². The molecular formula is C19H19N5O2S. The van der Waals surface area contributed by atoms with E-state index in [2.05, 4.69) is 11.2 Å². The number of nitrogen functional groups attached to an aromatic ring is 1. The van der Waals surface area contributed by atoms with Crippen molar-refractivity contribution < 1.29 is 9.53 Å². The van der Waals surface area contributed by atoms with Crippen molar-refractivity contribution in [3.8, 4) is 6.07 Å². The molecule has 138 valence electrons. The number of amides is 1. The molecule has 0 saturated carbocycles. The van der Waals surface area contributed by atoms with Gasteiger partial charge in [-0.1, -0.05) is 12.1 Å². The topological polar surface area (TPSA) is 96.6 Å². The number of ether oxygens (including phenoxy) is 1. The largest absolute Gasteiger partial charge is 0.446 e. The van der Waals surface area contributed by atoms with Crippen molar-refractivity contribution in [2.75, 3.05) is 16.9 Å². The number of thioether (sulfide) groups is 1. The number of benzene rings is 1. The van der Waals surface area contributed by atoms with Gasteiger partial charge in [0, 0.05) is 11.0 Å². The van der Waals surface area contributed by atoms with Crippen molar-refractivity contribution in [3.05, 3.63) is 48.2 Å². The fourth-order valence-corrected chi connectivity index (χ4v) is 3.34. The third-order valence-corrected chi connectivity index (χ3v) is 4.66. The number of rotatable bonds is 4. The van der Waals surface area contributed by atoms with E-state index >= 15 is 0 Å². The fourth-order valence-electron chi connectivity index (χ4n) is 2.76. The lowest BCUT2D eigenvalue weighted by atomic mass is 10.2. The van der Waals surface area contributed by atoms with Gasteiger partial charge in [-0.3, -0.25) is 0 Å². The van der Waals surface area contributed by atoms with Crippen molar-refractivity contribution in [1.29, 1.82) is 5.26 Å². The van der Waals surface area contributed by atoms with Crippen molar-refractivity contribution in [3.63, 3.8) is 0 Å². The highest BCUT2D eigenvalue weighted by molar-refractivity contribution is 7.98. The minimum absolute atomic E-state index is 0.268. The van der Waals surface area contributed by atoms with E-state index in [0.717, 1.165) is 4.90 Å². The van der Waals surface area contributed by atoms with Gasteiger partial charge in [-0.15, -0.1) is 11.8 Å². The third kappa shape index (κ3) is 3.41. The Kier molecular flexibility index (Phi) is 5.23. The number of hydrogen-bond donors (Lipinski definition) is 1. The average molecular weight is 381 g/mol. The van der Waals surface area contributed by atoms with Crippen LogP contribution in [0.25, 0.3) is 5.52 Å². The summed E-state index contributed by atoms with van der Waals surface area (Å²) in [5, 5.41) is 13.7. The van der Waals surface area contributed by atoms with Gasteiger partial charge in [0.25, 0.3) is 0 Å². The van der Waals surface area contributed by atoms with Crippen LogP contribution in [0, 0.1) is 11.3 Å². The number of aromatic nitrogens is 2. The lowest BCUT2D eigenvalue weighted by Crippen LogP contribution is -2.31. The minimum atomic E-state index is -0.549. The molecule has 27 heavy (non-hydrogen) atoms. The predicted molar refractivity (Wildman–Crippen MR) is 106 cm³/mol. The van der Waals surface area contributed by atoms with Gasteiger partial charge in [0.1, 0.15) is 17.5 Å². The summed E-state index contributed by atoms with van der Waals surface area (Å²) < 4.78 is 6.99. The molecule has 0 unspecified atom stereocenters. The molecule has 0 bridgehead atoms. The zero-order valence-electron chi connectivity index (χ0n) is 15.2. The molecule has 1 aromatic carbocycles.